The number of carbonyl (C=O) groups is 1. The summed E-state index contributed by atoms with van der Waals surface area (Å²) in [6.07, 6.45) is 3.08. The molecule has 0 saturated carbocycles. The summed E-state index contributed by atoms with van der Waals surface area (Å²) in [5.74, 6) is 5.79. The second kappa shape index (κ2) is 4.41. The number of nitrogens with zero attached hydrogens (tertiary/aromatic N) is 2. The number of rotatable bonds is 3. The summed E-state index contributed by atoms with van der Waals surface area (Å²) in [6, 6.07) is 4.93. The minimum absolute atomic E-state index is 0.275. The smallest absolute Gasteiger partial charge is 0.258 e. The summed E-state index contributed by atoms with van der Waals surface area (Å²) in [6.45, 7) is 0. The lowest BCUT2D eigenvalue weighted by Crippen LogP contribution is -2.12. The van der Waals surface area contributed by atoms with Crippen LogP contribution in [0.15, 0.2) is 30.6 Å². The SMILES string of the molecule is NNc1cc(NC(=O)c2cccnc2)n[nH]1. The van der Waals surface area contributed by atoms with Crippen LogP contribution in [0.5, 0.6) is 0 Å². The number of amides is 1. The first-order valence-electron chi connectivity index (χ1n) is 4.53. The minimum atomic E-state index is -0.275. The third kappa shape index (κ3) is 2.15. The number of nitrogen functional groups attached to an aromatic ring is 1. The van der Waals surface area contributed by atoms with Gasteiger partial charge in [0.2, 0.25) is 0 Å². The van der Waals surface area contributed by atoms with E-state index in [1.54, 1.807) is 24.4 Å². The van der Waals surface area contributed by atoms with Crippen molar-refractivity contribution in [2.45, 2.75) is 0 Å². The van der Waals surface area contributed by atoms with E-state index in [4.69, 9.17) is 5.84 Å². The van der Waals surface area contributed by atoms with Gasteiger partial charge in [0.25, 0.3) is 5.91 Å². The van der Waals surface area contributed by atoms with Gasteiger partial charge in [0.15, 0.2) is 5.82 Å². The number of hydrazine groups is 1. The number of carbonyl (C=O) groups excluding carboxylic acids is 1. The van der Waals surface area contributed by atoms with Gasteiger partial charge in [-0.1, -0.05) is 0 Å². The maximum atomic E-state index is 11.7. The molecule has 0 aliphatic heterocycles. The van der Waals surface area contributed by atoms with E-state index in [-0.39, 0.29) is 5.91 Å². The molecule has 0 bridgehead atoms. The van der Waals surface area contributed by atoms with E-state index < -0.39 is 0 Å². The summed E-state index contributed by atoms with van der Waals surface area (Å²) < 4.78 is 0. The van der Waals surface area contributed by atoms with Crippen LogP contribution in [-0.2, 0) is 0 Å². The molecule has 0 atom stereocenters. The van der Waals surface area contributed by atoms with E-state index in [1.165, 1.54) is 6.20 Å². The third-order valence-electron chi connectivity index (χ3n) is 1.90. The van der Waals surface area contributed by atoms with Gasteiger partial charge in [-0.3, -0.25) is 14.9 Å². The number of nitrogens with one attached hydrogen (secondary N) is 3. The highest BCUT2D eigenvalue weighted by atomic mass is 16.1. The number of hydrogen-bond donors (Lipinski definition) is 4. The topological polar surface area (TPSA) is 109 Å². The molecule has 0 fully saturated rings. The van der Waals surface area contributed by atoms with Crippen molar-refractivity contribution in [3.8, 4) is 0 Å². The second-order valence-electron chi connectivity index (χ2n) is 3.01. The number of hydrogen-bond acceptors (Lipinski definition) is 5. The molecule has 0 spiro atoms. The largest absolute Gasteiger partial charge is 0.309 e. The quantitative estimate of drug-likeness (QED) is 0.439. The Kier molecular flexibility index (Phi) is 2.79. The van der Waals surface area contributed by atoms with Gasteiger partial charge < -0.3 is 10.7 Å². The number of anilines is 2. The van der Waals surface area contributed by atoms with E-state index in [1.807, 2.05) is 0 Å². The monoisotopic (exact) mass is 218 g/mol. The van der Waals surface area contributed by atoms with Crippen LogP contribution in [0.2, 0.25) is 0 Å². The van der Waals surface area contributed by atoms with Gasteiger partial charge >= 0.3 is 0 Å². The Balaban J connectivity index is 2.08. The van der Waals surface area contributed by atoms with E-state index in [9.17, 15) is 4.79 Å². The van der Waals surface area contributed by atoms with Gasteiger partial charge in [0.05, 0.1) is 5.56 Å². The van der Waals surface area contributed by atoms with Crippen molar-refractivity contribution in [1.29, 1.82) is 0 Å². The van der Waals surface area contributed by atoms with Crippen molar-refractivity contribution >= 4 is 17.5 Å². The van der Waals surface area contributed by atoms with E-state index in [0.717, 1.165) is 0 Å². The highest BCUT2D eigenvalue weighted by Gasteiger charge is 2.07. The molecular formula is C9H10N6O. The summed E-state index contributed by atoms with van der Waals surface area (Å²) in [5, 5.41) is 9.02. The Bertz CT molecular complexity index is 480. The fourth-order valence-corrected chi connectivity index (χ4v) is 1.15. The van der Waals surface area contributed by atoms with Crippen LogP contribution in [0.25, 0.3) is 0 Å². The van der Waals surface area contributed by atoms with Crippen LogP contribution >= 0.6 is 0 Å². The van der Waals surface area contributed by atoms with Crippen molar-refractivity contribution < 1.29 is 4.79 Å². The Labute approximate surface area is 91.0 Å². The van der Waals surface area contributed by atoms with Gasteiger partial charge in [-0.25, -0.2) is 5.84 Å². The first kappa shape index (κ1) is 10.1. The second-order valence-corrected chi connectivity index (χ2v) is 3.01. The molecule has 0 radical (unpaired) electrons. The van der Waals surface area contributed by atoms with Gasteiger partial charge in [-0.2, -0.15) is 5.10 Å². The Morgan fingerprint density at radius 3 is 3.00 bits per heavy atom. The number of aromatic nitrogens is 3. The lowest BCUT2D eigenvalue weighted by atomic mass is 10.3. The molecule has 7 nitrogen and oxygen atoms in total. The lowest BCUT2D eigenvalue weighted by molar-refractivity contribution is 0.102. The molecule has 0 aromatic carbocycles. The third-order valence-corrected chi connectivity index (χ3v) is 1.90. The predicted molar refractivity (Wildman–Crippen MR) is 58.6 cm³/mol. The molecule has 0 unspecified atom stereocenters. The normalized spacial score (nSPS) is 9.81. The van der Waals surface area contributed by atoms with Crippen molar-refractivity contribution in [3.05, 3.63) is 36.2 Å². The Morgan fingerprint density at radius 1 is 1.50 bits per heavy atom. The maximum absolute atomic E-state index is 11.7. The summed E-state index contributed by atoms with van der Waals surface area (Å²) in [7, 11) is 0. The van der Waals surface area contributed by atoms with Gasteiger partial charge in [0, 0.05) is 18.5 Å². The van der Waals surface area contributed by atoms with Crippen molar-refractivity contribution in [2.24, 2.45) is 5.84 Å². The summed E-state index contributed by atoms with van der Waals surface area (Å²) in [5.41, 5.74) is 2.84. The van der Waals surface area contributed by atoms with Crippen molar-refractivity contribution in [3.63, 3.8) is 0 Å². The number of nitrogens with two attached hydrogens (primary N) is 1. The Morgan fingerprint density at radius 2 is 2.38 bits per heavy atom. The average Bonchev–Trinajstić information content (AvgIpc) is 2.78. The summed E-state index contributed by atoms with van der Waals surface area (Å²) in [4.78, 5) is 15.5. The van der Waals surface area contributed by atoms with Crippen LogP contribution in [0, 0.1) is 0 Å². The Hall–Kier alpha value is -2.41. The molecule has 0 saturated heterocycles. The molecule has 7 heteroatoms. The number of aromatic amines is 1. The van der Waals surface area contributed by atoms with Crippen LogP contribution in [-0.4, -0.2) is 21.1 Å². The van der Waals surface area contributed by atoms with Crippen molar-refractivity contribution in [2.75, 3.05) is 10.7 Å². The standard InChI is InChI=1S/C9H10N6O/c10-13-8-4-7(14-15-8)12-9(16)6-2-1-3-11-5-6/h1-5H,10H2,(H3,12,13,14,15,16). The van der Waals surface area contributed by atoms with Crippen LogP contribution < -0.4 is 16.6 Å². The molecule has 5 N–H and O–H groups in total. The number of H-pyrrole nitrogens is 1. The maximum Gasteiger partial charge on any atom is 0.258 e. The zero-order valence-electron chi connectivity index (χ0n) is 8.27. The van der Waals surface area contributed by atoms with Crippen LogP contribution in [0.1, 0.15) is 10.4 Å². The van der Waals surface area contributed by atoms with Gasteiger partial charge in [-0.15, -0.1) is 0 Å². The van der Waals surface area contributed by atoms with E-state index in [2.05, 4.69) is 25.9 Å². The van der Waals surface area contributed by atoms with E-state index in [0.29, 0.717) is 17.2 Å². The van der Waals surface area contributed by atoms with Crippen molar-refractivity contribution in [1.82, 2.24) is 15.2 Å². The molecule has 1 amide bonds. The van der Waals surface area contributed by atoms with Crippen LogP contribution in [0.3, 0.4) is 0 Å². The molecular weight excluding hydrogens is 208 g/mol. The molecule has 2 heterocycles. The van der Waals surface area contributed by atoms with E-state index >= 15 is 0 Å². The molecule has 0 aliphatic rings. The zero-order valence-corrected chi connectivity index (χ0v) is 8.27. The fourth-order valence-electron chi connectivity index (χ4n) is 1.15. The molecule has 16 heavy (non-hydrogen) atoms. The van der Waals surface area contributed by atoms with Crippen LogP contribution in [0.4, 0.5) is 11.6 Å². The van der Waals surface area contributed by atoms with Gasteiger partial charge in [-0.05, 0) is 12.1 Å². The zero-order chi connectivity index (χ0) is 11.4. The molecule has 0 aliphatic carbocycles. The average molecular weight is 218 g/mol. The first-order chi connectivity index (χ1) is 7.79. The molecule has 2 aromatic rings. The molecule has 2 aromatic heterocycles. The first-order valence-corrected chi connectivity index (χ1v) is 4.53. The minimum Gasteiger partial charge on any atom is -0.309 e. The van der Waals surface area contributed by atoms with Gasteiger partial charge in [0.1, 0.15) is 5.82 Å². The fraction of sp³-hybridized carbons (Fsp3) is 0. The molecule has 82 valence electrons. The number of pyridine rings is 1. The highest BCUT2D eigenvalue weighted by Crippen LogP contribution is 2.09. The highest BCUT2D eigenvalue weighted by molar-refractivity contribution is 6.03. The summed E-state index contributed by atoms with van der Waals surface area (Å²) >= 11 is 0. The predicted octanol–water partition coefficient (Wildman–Crippen LogP) is 0.343. The molecule has 2 rings (SSSR count). The lowest BCUT2D eigenvalue weighted by Gasteiger charge is -1.99.